The predicted octanol–water partition coefficient (Wildman–Crippen LogP) is 2.85. The molecule has 1 atom stereocenters. The van der Waals surface area contributed by atoms with E-state index >= 15 is 0 Å². The van der Waals surface area contributed by atoms with Crippen LogP contribution in [0.1, 0.15) is 25.8 Å². The maximum absolute atomic E-state index is 11.9. The van der Waals surface area contributed by atoms with Crippen LogP contribution in [0, 0.1) is 12.3 Å². The Hall–Kier alpha value is -0.720. The number of hydrogen-bond donors (Lipinski definition) is 2. The number of benzene rings is 1. The van der Waals surface area contributed by atoms with Crippen molar-refractivity contribution in [3.05, 3.63) is 23.8 Å². The first-order chi connectivity index (χ1) is 9.73. The Kier molecular flexibility index (Phi) is 4.90. The summed E-state index contributed by atoms with van der Waals surface area (Å²) < 4.78 is 26.2. The zero-order valence-corrected chi connectivity index (χ0v) is 14.7. The Morgan fingerprint density at radius 2 is 2.05 bits per heavy atom. The Bertz CT molecular complexity index is 612. The van der Waals surface area contributed by atoms with E-state index in [1.165, 1.54) is 12.8 Å². The minimum absolute atomic E-state index is 0.306. The van der Waals surface area contributed by atoms with E-state index in [-0.39, 0.29) is 0 Å². The van der Waals surface area contributed by atoms with Gasteiger partial charge in [-0.15, -0.1) is 0 Å². The van der Waals surface area contributed by atoms with E-state index in [1.807, 2.05) is 24.8 Å². The average Bonchev–Trinajstić information content (AvgIpc) is 2.40. The van der Waals surface area contributed by atoms with Gasteiger partial charge in [0.05, 0.1) is 4.90 Å². The Morgan fingerprint density at radius 1 is 1.33 bits per heavy atom. The van der Waals surface area contributed by atoms with Crippen LogP contribution in [0.15, 0.2) is 23.1 Å². The fourth-order valence-electron chi connectivity index (χ4n) is 2.62. The van der Waals surface area contributed by atoms with Crippen LogP contribution >= 0.6 is 11.8 Å². The summed E-state index contributed by atoms with van der Waals surface area (Å²) in [5, 5.41) is 3.53. The smallest absolute Gasteiger partial charge is 0.240 e. The lowest BCUT2D eigenvalue weighted by atomic mass is 9.87. The molecule has 1 aliphatic rings. The first-order valence-corrected chi connectivity index (χ1v) is 9.76. The van der Waals surface area contributed by atoms with Crippen molar-refractivity contribution < 1.29 is 8.42 Å². The fourth-order valence-corrected chi connectivity index (χ4v) is 4.65. The Morgan fingerprint density at radius 3 is 2.67 bits per heavy atom. The third-order valence-electron chi connectivity index (χ3n) is 3.76. The van der Waals surface area contributed by atoms with Crippen LogP contribution in [0.2, 0.25) is 0 Å². The van der Waals surface area contributed by atoms with Crippen molar-refractivity contribution in [2.75, 3.05) is 23.9 Å². The molecule has 6 heteroatoms. The van der Waals surface area contributed by atoms with Gasteiger partial charge in [0.2, 0.25) is 10.0 Å². The van der Waals surface area contributed by atoms with Crippen molar-refractivity contribution >= 4 is 27.5 Å². The summed E-state index contributed by atoms with van der Waals surface area (Å²) >= 11 is 1.96. The summed E-state index contributed by atoms with van der Waals surface area (Å²) in [5.41, 5.74) is 2.30. The van der Waals surface area contributed by atoms with Crippen LogP contribution < -0.4 is 10.0 Å². The highest BCUT2D eigenvalue weighted by Crippen LogP contribution is 2.35. The van der Waals surface area contributed by atoms with Crippen LogP contribution in [0.4, 0.5) is 5.69 Å². The van der Waals surface area contributed by atoms with E-state index in [2.05, 4.69) is 23.9 Å². The minimum atomic E-state index is -3.40. The zero-order chi connectivity index (χ0) is 15.7. The standard InChI is InChI=1S/C15H24N2O2S2/c1-11-5-6-13(21(18,19)16-4)7-14(11)17-12-8-15(2,3)10-20-9-12/h5-7,12,16-17H,8-10H2,1-4H3. The van der Waals surface area contributed by atoms with E-state index in [0.717, 1.165) is 23.4 Å². The number of anilines is 1. The van der Waals surface area contributed by atoms with Crippen LogP contribution in [0.5, 0.6) is 0 Å². The van der Waals surface area contributed by atoms with Gasteiger partial charge in [-0.05, 0) is 49.3 Å². The zero-order valence-electron chi connectivity index (χ0n) is 13.1. The van der Waals surface area contributed by atoms with Gasteiger partial charge in [-0.3, -0.25) is 0 Å². The van der Waals surface area contributed by atoms with Gasteiger partial charge in [0.15, 0.2) is 0 Å². The quantitative estimate of drug-likeness (QED) is 0.892. The SMILES string of the molecule is CNS(=O)(=O)c1ccc(C)c(NC2CSCC(C)(C)C2)c1. The first kappa shape index (κ1) is 16.6. The van der Waals surface area contributed by atoms with Gasteiger partial charge in [-0.2, -0.15) is 11.8 Å². The summed E-state index contributed by atoms with van der Waals surface area (Å²) in [6, 6.07) is 5.61. The van der Waals surface area contributed by atoms with Crippen molar-refractivity contribution in [3.8, 4) is 0 Å². The Balaban J connectivity index is 2.22. The molecule has 21 heavy (non-hydrogen) atoms. The third-order valence-corrected chi connectivity index (χ3v) is 6.79. The van der Waals surface area contributed by atoms with E-state index < -0.39 is 10.0 Å². The van der Waals surface area contributed by atoms with Gasteiger partial charge in [0, 0.05) is 17.5 Å². The first-order valence-electron chi connectivity index (χ1n) is 7.12. The fraction of sp³-hybridized carbons (Fsp3) is 0.600. The molecule has 0 radical (unpaired) electrons. The van der Waals surface area contributed by atoms with E-state index in [9.17, 15) is 8.42 Å². The molecule has 1 fully saturated rings. The van der Waals surface area contributed by atoms with Gasteiger partial charge >= 0.3 is 0 Å². The van der Waals surface area contributed by atoms with Gasteiger partial charge in [0.25, 0.3) is 0 Å². The molecule has 2 N–H and O–H groups in total. The molecule has 1 aliphatic heterocycles. The molecule has 1 unspecified atom stereocenters. The number of thioether (sulfide) groups is 1. The van der Waals surface area contributed by atoms with E-state index in [4.69, 9.17) is 0 Å². The molecule has 0 amide bonds. The molecule has 1 aromatic carbocycles. The molecule has 2 rings (SSSR count). The highest BCUT2D eigenvalue weighted by molar-refractivity contribution is 7.99. The molecule has 0 aliphatic carbocycles. The minimum Gasteiger partial charge on any atom is -0.381 e. The molecule has 0 aromatic heterocycles. The van der Waals surface area contributed by atoms with Crippen LogP contribution in [-0.2, 0) is 10.0 Å². The molecule has 0 saturated carbocycles. The molecule has 4 nitrogen and oxygen atoms in total. The molecule has 0 bridgehead atoms. The third kappa shape index (κ3) is 4.14. The lowest BCUT2D eigenvalue weighted by Crippen LogP contribution is -2.35. The lowest BCUT2D eigenvalue weighted by molar-refractivity contribution is 0.358. The second kappa shape index (κ2) is 6.18. The summed E-state index contributed by atoms with van der Waals surface area (Å²) in [6.45, 7) is 6.56. The molecule has 1 saturated heterocycles. The summed E-state index contributed by atoms with van der Waals surface area (Å²) in [7, 11) is -1.96. The topological polar surface area (TPSA) is 58.2 Å². The molecule has 1 aromatic rings. The highest BCUT2D eigenvalue weighted by Gasteiger charge is 2.28. The van der Waals surface area contributed by atoms with Gasteiger partial charge in [-0.25, -0.2) is 13.1 Å². The predicted molar refractivity (Wildman–Crippen MR) is 90.6 cm³/mol. The number of sulfonamides is 1. The van der Waals surface area contributed by atoms with Crippen molar-refractivity contribution in [2.24, 2.45) is 5.41 Å². The van der Waals surface area contributed by atoms with Crippen molar-refractivity contribution in [2.45, 2.75) is 38.1 Å². The normalized spacial score (nSPS) is 22.0. The van der Waals surface area contributed by atoms with E-state index in [1.54, 1.807) is 12.1 Å². The summed E-state index contributed by atoms with van der Waals surface area (Å²) in [6.07, 6.45) is 1.10. The second-order valence-electron chi connectivity index (χ2n) is 6.41. The van der Waals surface area contributed by atoms with Crippen LogP contribution in [-0.4, -0.2) is 33.0 Å². The average molecular weight is 329 g/mol. The van der Waals surface area contributed by atoms with Gasteiger partial charge in [0.1, 0.15) is 0 Å². The van der Waals surface area contributed by atoms with Crippen LogP contribution in [0.3, 0.4) is 0 Å². The number of aryl methyl sites for hydroxylation is 1. The summed E-state index contributed by atoms with van der Waals surface area (Å²) in [5.74, 6) is 2.24. The molecule has 1 heterocycles. The summed E-state index contributed by atoms with van der Waals surface area (Å²) in [4.78, 5) is 0.306. The Labute approximate surface area is 132 Å². The monoisotopic (exact) mass is 328 g/mol. The van der Waals surface area contributed by atoms with Gasteiger partial charge < -0.3 is 5.32 Å². The molecule has 118 valence electrons. The maximum Gasteiger partial charge on any atom is 0.240 e. The van der Waals surface area contributed by atoms with Crippen molar-refractivity contribution in [1.82, 2.24) is 4.72 Å². The van der Waals surface area contributed by atoms with Crippen molar-refractivity contribution in [1.29, 1.82) is 0 Å². The highest BCUT2D eigenvalue weighted by atomic mass is 32.2. The number of rotatable bonds is 4. The lowest BCUT2D eigenvalue weighted by Gasteiger charge is -2.36. The number of hydrogen-bond acceptors (Lipinski definition) is 4. The largest absolute Gasteiger partial charge is 0.381 e. The van der Waals surface area contributed by atoms with Crippen LogP contribution in [0.25, 0.3) is 0 Å². The molecular formula is C15H24N2O2S2. The van der Waals surface area contributed by atoms with Gasteiger partial charge in [-0.1, -0.05) is 19.9 Å². The van der Waals surface area contributed by atoms with E-state index in [0.29, 0.717) is 16.4 Å². The van der Waals surface area contributed by atoms with Crippen molar-refractivity contribution in [3.63, 3.8) is 0 Å². The molecular weight excluding hydrogens is 304 g/mol. The number of nitrogens with one attached hydrogen (secondary N) is 2. The molecule has 0 spiro atoms. The maximum atomic E-state index is 11.9. The second-order valence-corrected chi connectivity index (χ2v) is 9.33.